The van der Waals surface area contributed by atoms with Crippen molar-refractivity contribution in [3.05, 3.63) is 94.1 Å². The molecule has 1 amide bonds. The topological polar surface area (TPSA) is 136 Å². The summed E-state index contributed by atoms with van der Waals surface area (Å²) >= 11 is 1.35. The largest absolute Gasteiger partial charge is 0.378 e. The van der Waals surface area contributed by atoms with Crippen LogP contribution in [0.2, 0.25) is 0 Å². The normalized spacial score (nSPS) is 16.1. The minimum Gasteiger partial charge on any atom is -0.378 e. The third-order valence-electron chi connectivity index (χ3n) is 7.82. The van der Waals surface area contributed by atoms with Gasteiger partial charge in [0.15, 0.2) is 5.82 Å². The minimum absolute atomic E-state index is 0.135. The van der Waals surface area contributed by atoms with E-state index in [4.69, 9.17) is 0 Å². The highest BCUT2D eigenvalue weighted by Crippen LogP contribution is 2.29. The van der Waals surface area contributed by atoms with Gasteiger partial charge in [-0.1, -0.05) is 65.9 Å². The number of piperidine rings is 1. The van der Waals surface area contributed by atoms with Gasteiger partial charge >= 0.3 is 0 Å². The van der Waals surface area contributed by atoms with E-state index in [1.807, 2.05) is 66.7 Å². The average molecular weight is 652 g/mol. The lowest BCUT2D eigenvalue weighted by atomic mass is 10.0. The molecule has 2 aromatic heterocycles. The van der Waals surface area contributed by atoms with Gasteiger partial charge in [-0.05, 0) is 48.1 Å². The second-order valence-electron chi connectivity index (χ2n) is 11.6. The molecule has 2 atom stereocenters. The molecular formula is C33H39F2N7O3S. The van der Waals surface area contributed by atoms with Crippen LogP contribution in [0.25, 0.3) is 0 Å². The van der Waals surface area contributed by atoms with Crippen molar-refractivity contribution >= 4 is 28.2 Å². The number of amides is 1. The number of carbonyl (C=O) groups excluding carboxylic acids is 1. The van der Waals surface area contributed by atoms with Crippen molar-refractivity contribution in [2.24, 2.45) is 0 Å². The van der Waals surface area contributed by atoms with Crippen LogP contribution in [0.15, 0.2) is 66.7 Å². The van der Waals surface area contributed by atoms with Crippen molar-refractivity contribution in [3.8, 4) is 0 Å². The fourth-order valence-electron chi connectivity index (χ4n) is 5.32. The van der Waals surface area contributed by atoms with E-state index in [9.17, 15) is 23.8 Å². The summed E-state index contributed by atoms with van der Waals surface area (Å²) in [5.74, 6) is -2.36. The van der Waals surface area contributed by atoms with Crippen molar-refractivity contribution in [1.82, 2.24) is 25.3 Å². The zero-order chi connectivity index (χ0) is 32.4. The highest BCUT2D eigenvalue weighted by Gasteiger charge is 2.35. The molecule has 2 unspecified atom stereocenters. The molecule has 0 bridgehead atoms. The number of likely N-dealkylation sites (tertiary alicyclic amines) is 1. The molecule has 1 saturated heterocycles. The highest BCUT2D eigenvalue weighted by molar-refractivity contribution is 7.15. The summed E-state index contributed by atoms with van der Waals surface area (Å²) in [6.07, 6.45) is 2.05. The lowest BCUT2D eigenvalue weighted by Crippen LogP contribution is -2.45. The number of halogens is 2. The number of nitrogens with zero attached hydrogens (tertiary/aromatic N) is 5. The summed E-state index contributed by atoms with van der Waals surface area (Å²) in [5, 5.41) is 44.6. The van der Waals surface area contributed by atoms with Crippen molar-refractivity contribution < 1.29 is 23.8 Å². The van der Waals surface area contributed by atoms with Crippen LogP contribution in [0.4, 0.5) is 19.7 Å². The van der Waals surface area contributed by atoms with Crippen LogP contribution >= 0.6 is 11.3 Å². The molecule has 46 heavy (non-hydrogen) atoms. The zero-order valence-corrected chi connectivity index (χ0v) is 26.3. The monoisotopic (exact) mass is 651 g/mol. The Balaban J connectivity index is 0.993. The Morgan fingerprint density at radius 2 is 1.61 bits per heavy atom. The predicted molar refractivity (Wildman–Crippen MR) is 173 cm³/mol. The van der Waals surface area contributed by atoms with Gasteiger partial charge in [-0.2, -0.15) is 5.10 Å². The maximum absolute atomic E-state index is 13.4. The van der Waals surface area contributed by atoms with E-state index < -0.39 is 18.4 Å². The second-order valence-corrected chi connectivity index (χ2v) is 12.7. The number of rotatable bonds is 15. The Morgan fingerprint density at radius 3 is 2.37 bits per heavy atom. The number of carbonyl (C=O) groups is 1. The molecule has 13 heteroatoms. The Hall–Kier alpha value is -3.91. The van der Waals surface area contributed by atoms with E-state index in [0.717, 1.165) is 53.1 Å². The van der Waals surface area contributed by atoms with Gasteiger partial charge in [0.25, 0.3) is 5.92 Å². The quantitative estimate of drug-likeness (QED) is 0.107. The number of anilines is 2. The maximum Gasteiger partial charge on any atom is 0.250 e. The Bertz CT molecular complexity index is 1530. The van der Waals surface area contributed by atoms with Crippen molar-refractivity contribution in [2.75, 3.05) is 23.7 Å². The zero-order valence-electron chi connectivity index (χ0n) is 25.5. The average Bonchev–Trinajstić information content (AvgIpc) is 3.47. The third-order valence-corrected chi connectivity index (χ3v) is 8.72. The van der Waals surface area contributed by atoms with Gasteiger partial charge in [-0.25, -0.2) is 8.78 Å². The van der Waals surface area contributed by atoms with Crippen LogP contribution in [-0.2, 0) is 36.9 Å². The number of unbranched alkanes of at least 4 members (excludes halogenated alkanes) is 1. The molecule has 1 aliphatic rings. The minimum atomic E-state index is -2.66. The first-order valence-electron chi connectivity index (χ1n) is 15.5. The number of aliphatic hydroxyl groups is 2. The van der Waals surface area contributed by atoms with Crippen LogP contribution in [0.5, 0.6) is 0 Å². The summed E-state index contributed by atoms with van der Waals surface area (Å²) < 4.78 is 26.9. The van der Waals surface area contributed by atoms with E-state index in [1.165, 1.54) is 11.3 Å². The number of hydrogen-bond donors (Lipinski definition) is 4. The standard InChI is InChI=1S/C33H39F2N7O3S/c34-33(35)15-17-42(18-16-33)31(45)22-25-10-6-9-24(19-25)21-29(44)37-32-41-40-30(46-32)12-5-4-11-26-13-14-27(39-38-26)36-28(43)20-23-7-2-1-3-8-23/h1-3,6-10,13-14,19,28,31,43,45H,4-5,11-12,15-18,20-22H2,(H,36,39)(H,37,41,44). The number of aromatic nitrogens is 4. The lowest BCUT2D eigenvalue weighted by Gasteiger charge is -2.34. The summed E-state index contributed by atoms with van der Waals surface area (Å²) in [4.78, 5) is 14.4. The lowest BCUT2D eigenvalue weighted by molar-refractivity contribution is -0.115. The molecule has 4 aromatic rings. The fraction of sp³-hybridized carbons (Fsp3) is 0.424. The van der Waals surface area contributed by atoms with Gasteiger partial charge in [-0.15, -0.1) is 15.3 Å². The Labute approximate surface area is 270 Å². The van der Waals surface area contributed by atoms with Crippen LogP contribution < -0.4 is 10.6 Å². The van der Waals surface area contributed by atoms with Crippen LogP contribution in [0.3, 0.4) is 0 Å². The molecule has 0 saturated carbocycles. The summed E-state index contributed by atoms with van der Waals surface area (Å²) in [7, 11) is 0. The van der Waals surface area contributed by atoms with Crippen molar-refractivity contribution in [3.63, 3.8) is 0 Å². The van der Waals surface area contributed by atoms with Gasteiger partial charge in [0.2, 0.25) is 11.0 Å². The molecule has 2 aromatic carbocycles. The third kappa shape index (κ3) is 10.6. The summed E-state index contributed by atoms with van der Waals surface area (Å²) in [6.45, 7) is 0.312. The van der Waals surface area contributed by atoms with E-state index >= 15 is 0 Å². The molecule has 244 valence electrons. The predicted octanol–water partition coefficient (Wildman–Crippen LogP) is 4.64. The van der Waals surface area contributed by atoms with Crippen LogP contribution in [0, 0.1) is 0 Å². The molecule has 0 aliphatic carbocycles. The first-order valence-corrected chi connectivity index (χ1v) is 16.3. The molecule has 5 rings (SSSR count). The van der Waals surface area contributed by atoms with E-state index in [0.29, 0.717) is 23.8 Å². The van der Waals surface area contributed by atoms with E-state index in [2.05, 4.69) is 31.0 Å². The summed E-state index contributed by atoms with van der Waals surface area (Å²) in [6, 6.07) is 20.8. The molecule has 3 heterocycles. The smallest absolute Gasteiger partial charge is 0.250 e. The summed E-state index contributed by atoms with van der Waals surface area (Å²) in [5.41, 5.74) is 3.52. The number of aryl methyl sites for hydroxylation is 2. The van der Waals surface area contributed by atoms with Gasteiger partial charge in [0.05, 0.1) is 12.1 Å². The molecule has 10 nitrogen and oxygen atoms in total. The second kappa shape index (κ2) is 16.1. The number of aliphatic hydroxyl groups excluding tert-OH is 2. The first kappa shape index (κ1) is 33.5. The highest BCUT2D eigenvalue weighted by atomic mass is 32.1. The number of alkyl halides is 2. The van der Waals surface area contributed by atoms with E-state index in [1.54, 1.807) is 4.90 Å². The number of hydrogen-bond acceptors (Lipinski definition) is 10. The van der Waals surface area contributed by atoms with Crippen molar-refractivity contribution in [2.45, 2.75) is 76.2 Å². The maximum atomic E-state index is 13.4. The van der Waals surface area contributed by atoms with Gasteiger partial charge in [0.1, 0.15) is 17.5 Å². The number of benzene rings is 2. The molecule has 0 spiro atoms. The van der Waals surface area contributed by atoms with Crippen LogP contribution in [0.1, 0.15) is 53.1 Å². The molecule has 1 fully saturated rings. The van der Waals surface area contributed by atoms with Gasteiger partial charge in [-0.3, -0.25) is 9.69 Å². The van der Waals surface area contributed by atoms with Crippen LogP contribution in [-0.4, -0.2) is 72.9 Å². The fourth-order valence-corrected chi connectivity index (χ4v) is 6.12. The molecular weight excluding hydrogens is 612 g/mol. The van der Waals surface area contributed by atoms with Gasteiger partial charge < -0.3 is 20.8 Å². The molecule has 0 radical (unpaired) electrons. The first-order chi connectivity index (χ1) is 22.2. The van der Waals surface area contributed by atoms with E-state index in [-0.39, 0.29) is 38.3 Å². The Kier molecular flexibility index (Phi) is 11.7. The molecule has 1 aliphatic heterocycles. The van der Waals surface area contributed by atoms with Crippen molar-refractivity contribution in [1.29, 1.82) is 0 Å². The number of nitrogens with one attached hydrogen (secondary N) is 2. The Morgan fingerprint density at radius 1 is 0.870 bits per heavy atom. The SMILES string of the molecule is O=C(Cc1cccc(CC(O)N2CCC(F)(F)CC2)c1)Nc1nnc(CCCCc2ccc(NC(O)Cc3ccccc3)nn2)s1. The van der Waals surface area contributed by atoms with Gasteiger partial charge in [0, 0.05) is 45.2 Å². The molecule has 4 N–H and O–H groups in total.